The first-order valence-electron chi connectivity index (χ1n) is 10.4. The Hall–Kier alpha value is -4.00. The summed E-state index contributed by atoms with van der Waals surface area (Å²) in [4.78, 5) is 30.5. The fourth-order valence-corrected chi connectivity index (χ4v) is 3.61. The number of para-hydroxylation sites is 1. The Morgan fingerprint density at radius 3 is 2.62 bits per heavy atom. The number of benzene rings is 2. The first kappa shape index (κ1) is 21.2. The van der Waals surface area contributed by atoms with Crippen molar-refractivity contribution in [2.75, 3.05) is 7.05 Å². The molecule has 4 aromatic rings. The van der Waals surface area contributed by atoms with E-state index in [1.54, 1.807) is 25.4 Å². The highest BCUT2D eigenvalue weighted by molar-refractivity contribution is 5.88. The lowest BCUT2D eigenvalue weighted by Crippen LogP contribution is -2.48. The maximum Gasteiger partial charge on any atom is 0.408 e. The Labute approximate surface area is 186 Å². The molecule has 4 rings (SSSR count). The zero-order valence-corrected chi connectivity index (χ0v) is 17.8. The van der Waals surface area contributed by atoms with Crippen molar-refractivity contribution in [3.63, 3.8) is 0 Å². The monoisotopic (exact) mass is 431 g/mol. The van der Waals surface area contributed by atoms with Crippen LogP contribution in [0.2, 0.25) is 0 Å². The molecule has 2 N–H and O–H groups in total. The van der Waals surface area contributed by atoms with Gasteiger partial charge in [-0.15, -0.1) is 0 Å². The number of alkyl carbamates (subject to hydrolysis) is 1. The van der Waals surface area contributed by atoms with Crippen molar-refractivity contribution in [3.05, 3.63) is 96.1 Å². The van der Waals surface area contributed by atoms with Gasteiger partial charge in [0.25, 0.3) is 0 Å². The maximum atomic E-state index is 13.2. The summed E-state index contributed by atoms with van der Waals surface area (Å²) >= 11 is 0. The first-order chi connectivity index (χ1) is 15.6. The minimum Gasteiger partial charge on any atom is -0.467 e. The summed E-state index contributed by atoms with van der Waals surface area (Å²) in [6, 6.07) is 20.0. The average Bonchev–Trinajstić information content (AvgIpc) is 3.47. The van der Waals surface area contributed by atoms with Gasteiger partial charge < -0.3 is 24.4 Å². The van der Waals surface area contributed by atoms with Gasteiger partial charge in [-0.3, -0.25) is 4.79 Å². The molecule has 0 aliphatic carbocycles. The van der Waals surface area contributed by atoms with Crippen LogP contribution in [0, 0.1) is 0 Å². The number of fused-ring (bicyclic) bond motifs is 1. The number of ether oxygens (including phenoxy) is 1. The third-order valence-electron chi connectivity index (χ3n) is 5.25. The number of carbonyl (C=O) groups is 2. The fourth-order valence-electron chi connectivity index (χ4n) is 3.61. The average molecular weight is 431 g/mol. The van der Waals surface area contributed by atoms with E-state index in [4.69, 9.17) is 9.15 Å². The van der Waals surface area contributed by atoms with Crippen molar-refractivity contribution in [3.8, 4) is 0 Å². The predicted octanol–water partition coefficient (Wildman–Crippen LogP) is 4.26. The zero-order chi connectivity index (χ0) is 22.3. The molecule has 32 heavy (non-hydrogen) atoms. The Kier molecular flexibility index (Phi) is 6.55. The number of likely N-dealkylation sites (N-methyl/N-ethyl adjacent to an activating group) is 1. The Morgan fingerprint density at radius 2 is 1.84 bits per heavy atom. The summed E-state index contributed by atoms with van der Waals surface area (Å²) in [7, 11) is 1.68. The minimum absolute atomic E-state index is 0.128. The van der Waals surface area contributed by atoms with Gasteiger partial charge in [-0.1, -0.05) is 48.5 Å². The second-order valence-corrected chi connectivity index (χ2v) is 7.60. The van der Waals surface area contributed by atoms with Gasteiger partial charge in [0.15, 0.2) is 0 Å². The van der Waals surface area contributed by atoms with Gasteiger partial charge in [-0.2, -0.15) is 0 Å². The number of H-pyrrole nitrogens is 1. The van der Waals surface area contributed by atoms with Crippen LogP contribution in [0.25, 0.3) is 10.9 Å². The van der Waals surface area contributed by atoms with E-state index in [0.717, 1.165) is 22.0 Å². The molecule has 1 atom stereocenters. The van der Waals surface area contributed by atoms with E-state index in [-0.39, 0.29) is 12.5 Å². The summed E-state index contributed by atoms with van der Waals surface area (Å²) in [5.74, 6) is 0.432. The van der Waals surface area contributed by atoms with Crippen molar-refractivity contribution < 1.29 is 18.7 Å². The molecule has 2 heterocycles. The van der Waals surface area contributed by atoms with E-state index >= 15 is 0 Å². The van der Waals surface area contributed by atoms with Crippen molar-refractivity contribution >= 4 is 22.9 Å². The number of aromatic amines is 1. The van der Waals surface area contributed by atoms with Gasteiger partial charge in [0.05, 0.1) is 12.8 Å². The van der Waals surface area contributed by atoms with E-state index < -0.39 is 12.1 Å². The molecular weight excluding hydrogens is 406 g/mol. The van der Waals surface area contributed by atoms with Crippen molar-refractivity contribution in [2.24, 2.45) is 0 Å². The standard InChI is InChI=1S/C25H25N3O4/c1-28(16-20-10-7-13-31-20)24(29)23(14-19-15-26-22-12-6-5-11-21(19)22)27-25(30)32-17-18-8-3-2-4-9-18/h2-13,15,23,26H,14,16-17H2,1H3,(H,27,30)/t23-/m0/s1. The number of nitrogens with zero attached hydrogens (tertiary/aromatic N) is 1. The van der Waals surface area contributed by atoms with E-state index in [1.165, 1.54) is 4.90 Å². The summed E-state index contributed by atoms with van der Waals surface area (Å²) in [6.45, 7) is 0.430. The van der Waals surface area contributed by atoms with Crippen LogP contribution in [-0.4, -0.2) is 35.0 Å². The van der Waals surface area contributed by atoms with Crippen LogP contribution in [0.15, 0.2) is 83.6 Å². The van der Waals surface area contributed by atoms with Crippen LogP contribution < -0.4 is 5.32 Å². The topological polar surface area (TPSA) is 87.6 Å². The normalized spacial score (nSPS) is 11.8. The van der Waals surface area contributed by atoms with Gasteiger partial charge in [0.1, 0.15) is 18.4 Å². The van der Waals surface area contributed by atoms with Crippen molar-refractivity contribution in [1.82, 2.24) is 15.2 Å². The number of hydrogen-bond donors (Lipinski definition) is 2. The molecule has 0 aliphatic heterocycles. The fraction of sp³-hybridized carbons (Fsp3) is 0.200. The van der Waals surface area contributed by atoms with E-state index in [2.05, 4.69) is 10.3 Å². The second kappa shape index (κ2) is 9.87. The molecule has 0 unspecified atom stereocenters. The molecule has 0 bridgehead atoms. The number of furan rings is 1. The number of nitrogens with one attached hydrogen (secondary N) is 2. The van der Waals surface area contributed by atoms with E-state index in [9.17, 15) is 9.59 Å². The van der Waals surface area contributed by atoms with Crippen LogP contribution in [0.5, 0.6) is 0 Å². The number of amides is 2. The van der Waals surface area contributed by atoms with Gasteiger partial charge in [-0.05, 0) is 29.3 Å². The van der Waals surface area contributed by atoms with Gasteiger partial charge in [-0.25, -0.2) is 4.79 Å². The zero-order valence-electron chi connectivity index (χ0n) is 17.8. The molecule has 0 spiro atoms. The van der Waals surface area contributed by atoms with Gasteiger partial charge in [0.2, 0.25) is 5.91 Å². The highest BCUT2D eigenvalue weighted by atomic mass is 16.5. The lowest BCUT2D eigenvalue weighted by molar-refractivity contribution is -0.132. The minimum atomic E-state index is -0.794. The smallest absolute Gasteiger partial charge is 0.408 e. The highest BCUT2D eigenvalue weighted by Crippen LogP contribution is 2.20. The summed E-state index contributed by atoms with van der Waals surface area (Å²) in [6.07, 6.45) is 3.12. The van der Waals surface area contributed by atoms with Crippen LogP contribution in [0.1, 0.15) is 16.9 Å². The Bertz CT molecular complexity index is 1170. The van der Waals surface area contributed by atoms with Crippen molar-refractivity contribution in [1.29, 1.82) is 0 Å². The van der Waals surface area contributed by atoms with E-state index in [1.807, 2.05) is 60.8 Å². The molecule has 0 saturated carbocycles. The number of carbonyl (C=O) groups excluding carboxylic acids is 2. The lowest BCUT2D eigenvalue weighted by Gasteiger charge is -2.24. The third-order valence-corrected chi connectivity index (χ3v) is 5.25. The molecule has 7 heteroatoms. The Balaban J connectivity index is 1.48. The summed E-state index contributed by atoms with van der Waals surface area (Å²) < 4.78 is 10.7. The molecule has 2 aromatic heterocycles. The maximum absolute atomic E-state index is 13.2. The molecule has 0 aliphatic rings. The third kappa shape index (κ3) is 5.18. The summed E-state index contributed by atoms with van der Waals surface area (Å²) in [5.41, 5.74) is 2.79. The van der Waals surface area contributed by atoms with Crippen LogP contribution in [-0.2, 0) is 29.1 Å². The highest BCUT2D eigenvalue weighted by Gasteiger charge is 2.26. The lowest BCUT2D eigenvalue weighted by atomic mass is 10.0. The Morgan fingerprint density at radius 1 is 1.06 bits per heavy atom. The molecule has 164 valence electrons. The molecule has 0 fully saturated rings. The number of hydrogen-bond acceptors (Lipinski definition) is 4. The second-order valence-electron chi connectivity index (χ2n) is 7.60. The van der Waals surface area contributed by atoms with Crippen LogP contribution >= 0.6 is 0 Å². The number of aromatic nitrogens is 1. The quantitative estimate of drug-likeness (QED) is 0.436. The summed E-state index contributed by atoms with van der Waals surface area (Å²) in [5, 5.41) is 3.77. The molecule has 7 nitrogen and oxygen atoms in total. The largest absolute Gasteiger partial charge is 0.467 e. The molecular formula is C25H25N3O4. The van der Waals surface area contributed by atoms with E-state index in [0.29, 0.717) is 18.7 Å². The van der Waals surface area contributed by atoms with Crippen LogP contribution in [0.4, 0.5) is 4.79 Å². The first-order valence-corrected chi connectivity index (χ1v) is 10.4. The predicted molar refractivity (Wildman–Crippen MR) is 121 cm³/mol. The van der Waals surface area contributed by atoms with Gasteiger partial charge in [0, 0.05) is 30.6 Å². The van der Waals surface area contributed by atoms with Crippen LogP contribution in [0.3, 0.4) is 0 Å². The van der Waals surface area contributed by atoms with Crippen molar-refractivity contribution in [2.45, 2.75) is 25.6 Å². The van der Waals surface area contributed by atoms with Gasteiger partial charge >= 0.3 is 6.09 Å². The molecule has 2 aromatic carbocycles. The molecule has 0 saturated heterocycles. The SMILES string of the molecule is CN(Cc1ccco1)C(=O)[C@H](Cc1c[nH]c2ccccc12)NC(=O)OCc1ccccc1. The molecule has 2 amide bonds. The molecule has 0 radical (unpaired) electrons. The number of rotatable bonds is 8.